The van der Waals surface area contributed by atoms with Crippen LogP contribution in [-0.2, 0) is 4.74 Å². The number of nitrogens with one attached hydrogen (secondary N) is 1. The Morgan fingerprint density at radius 1 is 1.47 bits per heavy atom. The van der Waals surface area contributed by atoms with Gasteiger partial charge in [0.1, 0.15) is 0 Å². The molecule has 1 N–H and O–H groups in total. The minimum absolute atomic E-state index is 0.590. The number of hydrogen-bond donors (Lipinski definition) is 1. The Hall–Kier alpha value is -1.13. The van der Waals surface area contributed by atoms with E-state index in [2.05, 4.69) is 28.2 Å². The van der Waals surface area contributed by atoms with Gasteiger partial charge in [0.2, 0.25) is 0 Å². The molecule has 4 nitrogen and oxygen atoms in total. The fraction of sp³-hybridized carbons (Fsp3) is 0.667. The van der Waals surface area contributed by atoms with Crippen LogP contribution >= 0.6 is 0 Å². The van der Waals surface area contributed by atoms with Crippen molar-refractivity contribution in [1.82, 2.24) is 10.3 Å². The Kier molecular flexibility index (Phi) is 5.61. The quantitative estimate of drug-likeness (QED) is 0.796. The third-order valence-electron chi connectivity index (χ3n) is 3.79. The van der Waals surface area contributed by atoms with Gasteiger partial charge in [0.15, 0.2) is 0 Å². The number of methoxy groups -OCH3 is 1. The normalized spacial score (nSPS) is 19.7. The number of pyridine rings is 1. The van der Waals surface area contributed by atoms with Gasteiger partial charge in [-0.15, -0.1) is 0 Å². The molecule has 1 aliphatic rings. The van der Waals surface area contributed by atoms with E-state index in [-0.39, 0.29) is 0 Å². The predicted octanol–water partition coefficient (Wildman–Crippen LogP) is 1.98. The molecular weight excluding hydrogens is 238 g/mol. The summed E-state index contributed by atoms with van der Waals surface area (Å²) in [5.74, 6) is 0. The topological polar surface area (TPSA) is 37.4 Å². The maximum absolute atomic E-state index is 5.08. The molecule has 1 unspecified atom stereocenters. The fourth-order valence-corrected chi connectivity index (χ4v) is 2.76. The van der Waals surface area contributed by atoms with Crippen molar-refractivity contribution in [3.63, 3.8) is 0 Å². The smallest absolute Gasteiger partial charge is 0.0587 e. The van der Waals surface area contributed by atoms with E-state index < -0.39 is 0 Å². The van der Waals surface area contributed by atoms with E-state index >= 15 is 0 Å². The second-order valence-electron chi connectivity index (χ2n) is 5.20. The number of piperidine rings is 1. The molecule has 1 saturated heterocycles. The molecule has 1 aromatic rings. The lowest BCUT2D eigenvalue weighted by Gasteiger charge is -2.38. The van der Waals surface area contributed by atoms with Crippen LogP contribution in [0.2, 0.25) is 0 Å². The molecule has 19 heavy (non-hydrogen) atoms. The minimum Gasteiger partial charge on any atom is -0.383 e. The molecule has 0 aromatic carbocycles. The third kappa shape index (κ3) is 3.91. The number of ether oxygens (including phenoxy) is 1. The van der Waals surface area contributed by atoms with Crippen LogP contribution < -0.4 is 10.2 Å². The highest BCUT2D eigenvalue weighted by Gasteiger charge is 2.23. The minimum atomic E-state index is 0.590. The molecule has 2 rings (SSSR count). The Morgan fingerprint density at radius 3 is 3.16 bits per heavy atom. The fourth-order valence-electron chi connectivity index (χ4n) is 2.76. The Balaban J connectivity index is 1.98. The third-order valence-corrected chi connectivity index (χ3v) is 3.79. The van der Waals surface area contributed by atoms with Crippen LogP contribution in [-0.4, -0.2) is 44.4 Å². The lowest BCUT2D eigenvalue weighted by atomic mass is 10.0. The van der Waals surface area contributed by atoms with Gasteiger partial charge >= 0.3 is 0 Å². The highest BCUT2D eigenvalue weighted by atomic mass is 16.5. The molecule has 1 aliphatic heterocycles. The number of aryl methyl sites for hydroxylation is 1. The van der Waals surface area contributed by atoms with Crippen molar-refractivity contribution in [1.29, 1.82) is 0 Å². The van der Waals surface area contributed by atoms with Gasteiger partial charge in [-0.1, -0.05) is 0 Å². The Bertz CT molecular complexity index is 383. The standard InChI is InChI=1S/C15H25N3O/c1-13-11-16-7-6-15(13)18-9-4-3-5-14(18)12-17-8-10-19-2/h6-7,11,14,17H,3-5,8-10,12H2,1-2H3. The first-order valence-electron chi connectivity index (χ1n) is 7.20. The lowest BCUT2D eigenvalue weighted by Crippen LogP contribution is -2.46. The molecule has 1 fully saturated rings. The maximum atomic E-state index is 5.08. The molecule has 4 heteroatoms. The first-order chi connectivity index (χ1) is 9.33. The first-order valence-corrected chi connectivity index (χ1v) is 7.20. The molecular formula is C15H25N3O. The number of rotatable bonds is 6. The van der Waals surface area contributed by atoms with Crippen LogP contribution in [0.3, 0.4) is 0 Å². The molecule has 0 saturated carbocycles. The molecule has 0 bridgehead atoms. The van der Waals surface area contributed by atoms with E-state index in [1.54, 1.807) is 7.11 Å². The molecule has 1 aromatic heterocycles. The van der Waals surface area contributed by atoms with Crippen LogP contribution in [0.4, 0.5) is 5.69 Å². The van der Waals surface area contributed by atoms with Gasteiger partial charge < -0.3 is 15.0 Å². The van der Waals surface area contributed by atoms with Crippen molar-refractivity contribution in [3.05, 3.63) is 24.0 Å². The number of anilines is 1. The molecule has 2 heterocycles. The van der Waals surface area contributed by atoms with Crippen molar-refractivity contribution in [2.75, 3.05) is 38.3 Å². The summed E-state index contributed by atoms with van der Waals surface area (Å²) in [7, 11) is 1.74. The van der Waals surface area contributed by atoms with E-state index in [1.807, 2.05) is 12.4 Å². The predicted molar refractivity (Wildman–Crippen MR) is 78.7 cm³/mol. The zero-order chi connectivity index (χ0) is 13.5. The summed E-state index contributed by atoms with van der Waals surface area (Å²) in [5.41, 5.74) is 2.61. The molecule has 0 amide bonds. The van der Waals surface area contributed by atoms with Crippen LogP contribution in [0.1, 0.15) is 24.8 Å². The van der Waals surface area contributed by atoms with Crippen molar-refractivity contribution in [2.45, 2.75) is 32.2 Å². The number of hydrogen-bond acceptors (Lipinski definition) is 4. The summed E-state index contributed by atoms with van der Waals surface area (Å²) in [6, 6.07) is 2.73. The molecule has 0 aliphatic carbocycles. The van der Waals surface area contributed by atoms with Gasteiger partial charge in [-0.3, -0.25) is 4.98 Å². The zero-order valence-corrected chi connectivity index (χ0v) is 12.1. The van der Waals surface area contributed by atoms with Gasteiger partial charge in [-0.05, 0) is 37.8 Å². The van der Waals surface area contributed by atoms with E-state index in [9.17, 15) is 0 Å². The zero-order valence-electron chi connectivity index (χ0n) is 12.1. The van der Waals surface area contributed by atoms with Crippen molar-refractivity contribution in [2.24, 2.45) is 0 Å². The van der Waals surface area contributed by atoms with Crippen LogP contribution in [0.5, 0.6) is 0 Å². The summed E-state index contributed by atoms with van der Waals surface area (Å²) in [6.07, 6.45) is 7.74. The van der Waals surface area contributed by atoms with Crippen molar-refractivity contribution < 1.29 is 4.74 Å². The number of nitrogens with zero attached hydrogens (tertiary/aromatic N) is 2. The molecule has 106 valence electrons. The second kappa shape index (κ2) is 7.46. The summed E-state index contributed by atoms with van der Waals surface area (Å²) in [6.45, 7) is 6.04. The lowest BCUT2D eigenvalue weighted by molar-refractivity contribution is 0.198. The van der Waals surface area contributed by atoms with E-state index in [4.69, 9.17) is 4.74 Å². The van der Waals surface area contributed by atoms with Gasteiger partial charge in [-0.25, -0.2) is 0 Å². The highest BCUT2D eigenvalue weighted by Crippen LogP contribution is 2.26. The molecule has 0 spiro atoms. The monoisotopic (exact) mass is 263 g/mol. The van der Waals surface area contributed by atoms with Crippen molar-refractivity contribution in [3.8, 4) is 0 Å². The number of aromatic nitrogens is 1. The Morgan fingerprint density at radius 2 is 2.37 bits per heavy atom. The summed E-state index contributed by atoms with van der Waals surface area (Å²) in [4.78, 5) is 6.73. The second-order valence-corrected chi connectivity index (χ2v) is 5.20. The van der Waals surface area contributed by atoms with E-state index in [0.29, 0.717) is 6.04 Å². The average molecular weight is 263 g/mol. The van der Waals surface area contributed by atoms with E-state index in [1.165, 1.54) is 30.5 Å². The van der Waals surface area contributed by atoms with Gasteiger partial charge in [-0.2, -0.15) is 0 Å². The Labute approximate surface area is 116 Å². The van der Waals surface area contributed by atoms with Crippen LogP contribution in [0.25, 0.3) is 0 Å². The largest absolute Gasteiger partial charge is 0.383 e. The van der Waals surface area contributed by atoms with Gasteiger partial charge in [0.05, 0.1) is 6.61 Å². The SMILES string of the molecule is COCCNCC1CCCCN1c1ccncc1C. The van der Waals surface area contributed by atoms with Crippen LogP contribution in [0.15, 0.2) is 18.5 Å². The molecule has 0 radical (unpaired) electrons. The summed E-state index contributed by atoms with van der Waals surface area (Å²) < 4.78 is 5.08. The molecule has 1 atom stereocenters. The highest BCUT2D eigenvalue weighted by molar-refractivity contribution is 5.52. The maximum Gasteiger partial charge on any atom is 0.0587 e. The van der Waals surface area contributed by atoms with E-state index in [0.717, 1.165) is 26.2 Å². The van der Waals surface area contributed by atoms with Crippen LogP contribution in [0, 0.1) is 6.92 Å². The summed E-state index contributed by atoms with van der Waals surface area (Å²) >= 11 is 0. The first kappa shape index (κ1) is 14.3. The summed E-state index contributed by atoms with van der Waals surface area (Å²) in [5, 5.41) is 3.49. The van der Waals surface area contributed by atoms with Gasteiger partial charge in [0, 0.05) is 50.9 Å². The van der Waals surface area contributed by atoms with Gasteiger partial charge in [0.25, 0.3) is 0 Å². The van der Waals surface area contributed by atoms with Crippen molar-refractivity contribution >= 4 is 5.69 Å². The average Bonchev–Trinajstić information content (AvgIpc) is 2.45.